The Morgan fingerprint density at radius 2 is 0.896 bits per heavy atom. The zero-order chi connectivity index (χ0) is 31.9. The topological polar surface area (TPSA) is 3.24 Å². The first-order valence-corrected chi connectivity index (χ1v) is 17.2. The molecule has 9 rings (SSSR count). The maximum Gasteiger partial charge on any atom is 0.0462 e. The van der Waals surface area contributed by atoms with Gasteiger partial charge in [0.05, 0.1) is 0 Å². The third-order valence-electron chi connectivity index (χ3n) is 9.24. The highest BCUT2D eigenvalue weighted by Gasteiger charge is 2.16. The first-order valence-electron chi connectivity index (χ1n) is 16.3. The van der Waals surface area contributed by atoms with Crippen LogP contribution in [-0.2, 0) is 0 Å². The van der Waals surface area contributed by atoms with Crippen LogP contribution < -0.4 is 4.90 Å². The van der Waals surface area contributed by atoms with Crippen molar-refractivity contribution in [2.24, 2.45) is 0 Å². The highest BCUT2D eigenvalue weighted by Crippen LogP contribution is 2.44. The van der Waals surface area contributed by atoms with Crippen molar-refractivity contribution in [1.29, 1.82) is 0 Å². The van der Waals surface area contributed by atoms with Gasteiger partial charge in [-0.25, -0.2) is 0 Å². The van der Waals surface area contributed by atoms with Gasteiger partial charge in [-0.3, -0.25) is 0 Å². The SMILES string of the molecule is c1ccc(-c2ccc(N(c3ccccc3)c3ccc(-c4cc(-c5ccc6ccccc6c5)cc5c4sc4ccccc45)cc3)cc2)cc1. The highest BCUT2D eigenvalue weighted by molar-refractivity contribution is 7.26. The van der Waals surface area contributed by atoms with Gasteiger partial charge in [0.2, 0.25) is 0 Å². The average molecular weight is 630 g/mol. The number of fused-ring (bicyclic) bond motifs is 4. The molecular formula is C46H31NS. The predicted molar refractivity (Wildman–Crippen MR) is 208 cm³/mol. The van der Waals surface area contributed by atoms with E-state index in [2.05, 4.69) is 193 Å². The van der Waals surface area contributed by atoms with E-state index >= 15 is 0 Å². The zero-order valence-electron chi connectivity index (χ0n) is 26.3. The fraction of sp³-hybridized carbons (Fsp3) is 0. The van der Waals surface area contributed by atoms with Gasteiger partial charge >= 0.3 is 0 Å². The van der Waals surface area contributed by atoms with Gasteiger partial charge in [0, 0.05) is 42.8 Å². The van der Waals surface area contributed by atoms with Gasteiger partial charge in [-0.2, -0.15) is 0 Å². The molecule has 0 bridgehead atoms. The fourth-order valence-corrected chi connectivity index (χ4v) is 8.04. The summed E-state index contributed by atoms with van der Waals surface area (Å²) in [5.41, 5.74) is 10.8. The molecule has 0 unspecified atom stereocenters. The Balaban J connectivity index is 1.16. The molecule has 0 saturated carbocycles. The van der Waals surface area contributed by atoms with Crippen LogP contribution in [0.1, 0.15) is 0 Å². The number of benzene rings is 8. The predicted octanol–water partition coefficient (Wildman–Crippen LogP) is 13.7. The summed E-state index contributed by atoms with van der Waals surface area (Å²) in [5.74, 6) is 0. The number of nitrogens with zero attached hydrogens (tertiary/aromatic N) is 1. The van der Waals surface area contributed by atoms with Crippen molar-refractivity contribution >= 4 is 59.3 Å². The van der Waals surface area contributed by atoms with Crippen LogP contribution >= 0.6 is 11.3 Å². The molecule has 0 aliphatic carbocycles. The molecule has 1 heterocycles. The van der Waals surface area contributed by atoms with Crippen molar-refractivity contribution in [3.8, 4) is 33.4 Å². The number of anilines is 3. The molecule has 0 atom stereocenters. The van der Waals surface area contributed by atoms with E-state index in [1.165, 1.54) is 64.3 Å². The first-order chi connectivity index (χ1) is 23.8. The van der Waals surface area contributed by atoms with Gasteiger partial charge in [0.25, 0.3) is 0 Å². The smallest absolute Gasteiger partial charge is 0.0462 e. The number of para-hydroxylation sites is 1. The van der Waals surface area contributed by atoms with Crippen LogP contribution in [0.5, 0.6) is 0 Å². The minimum atomic E-state index is 1.12. The summed E-state index contributed by atoms with van der Waals surface area (Å²) >= 11 is 1.88. The molecule has 0 spiro atoms. The van der Waals surface area contributed by atoms with E-state index in [0.29, 0.717) is 0 Å². The second-order valence-electron chi connectivity index (χ2n) is 12.2. The lowest BCUT2D eigenvalue weighted by molar-refractivity contribution is 1.28. The molecule has 0 aliphatic heterocycles. The number of rotatable bonds is 6. The third kappa shape index (κ3) is 5.13. The Labute approximate surface area is 284 Å². The van der Waals surface area contributed by atoms with Crippen LogP contribution in [0.4, 0.5) is 17.1 Å². The molecule has 0 saturated heterocycles. The van der Waals surface area contributed by atoms with Gasteiger partial charge < -0.3 is 4.90 Å². The lowest BCUT2D eigenvalue weighted by Gasteiger charge is -2.26. The van der Waals surface area contributed by atoms with E-state index in [1.54, 1.807) is 0 Å². The molecule has 8 aromatic carbocycles. The second kappa shape index (κ2) is 12.0. The summed E-state index contributed by atoms with van der Waals surface area (Å²) in [7, 11) is 0. The maximum atomic E-state index is 2.38. The lowest BCUT2D eigenvalue weighted by atomic mass is 9.94. The average Bonchev–Trinajstić information content (AvgIpc) is 3.54. The van der Waals surface area contributed by atoms with E-state index < -0.39 is 0 Å². The molecule has 9 aromatic rings. The Morgan fingerprint density at radius 3 is 1.65 bits per heavy atom. The Morgan fingerprint density at radius 1 is 0.333 bits per heavy atom. The summed E-state index contributed by atoms with van der Waals surface area (Å²) in [6.07, 6.45) is 0. The molecule has 48 heavy (non-hydrogen) atoms. The lowest BCUT2D eigenvalue weighted by Crippen LogP contribution is -2.09. The van der Waals surface area contributed by atoms with Gasteiger partial charge in [0.1, 0.15) is 0 Å². The van der Waals surface area contributed by atoms with Crippen molar-refractivity contribution in [3.63, 3.8) is 0 Å². The monoisotopic (exact) mass is 629 g/mol. The Bertz CT molecular complexity index is 2530. The molecule has 1 aromatic heterocycles. The molecule has 0 fully saturated rings. The van der Waals surface area contributed by atoms with Gasteiger partial charge in [0.15, 0.2) is 0 Å². The van der Waals surface area contributed by atoms with Crippen LogP contribution in [0.3, 0.4) is 0 Å². The van der Waals surface area contributed by atoms with Crippen molar-refractivity contribution in [2.45, 2.75) is 0 Å². The van der Waals surface area contributed by atoms with Gasteiger partial charge in [-0.1, -0.05) is 127 Å². The molecule has 0 N–H and O–H groups in total. The van der Waals surface area contributed by atoms with Crippen molar-refractivity contribution < 1.29 is 0 Å². The highest BCUT2D eigenvalue weighted by atomic mass is 32.1. The molecular weight excluding hydrogens is 599 g/mol. The van der Waals surface area contributed by atoms with E-state index in [0.717, 1.165) is 17.1 Å². The number of hydrogen-bond acceptors (Lipinski definition) is 2. The third-order valence-corrected chi connectivity index (χ3v) is 10.5. The Kier molecular flexibility index (Phi) is 7.07. The van der Waals surface area contributed by atoms with Gasteiger partial charge in [-0.05, 0) is 99.3 Å². The van der Waals surface area contributed by atoms with Crippen LogP contribution in [0.15, 0.2) is 188 Å². The Hall–Kier alpha value is -5.96. The van der Waals surface area contributed by atoms with E-state index in [-0.39, 0.29) is 0 Å². The number of hydrogen-bond donors (Lipinski definition) is 0. The van der Waals surface area contributed by atoms with Crippen molar-refractivity contribution in [2.75, 3.05) is 4.90 Å². The largest absolute Gasteiger partial charge is 0.311 e. The quantitative estimate of drug-likeness (QED) is 0.177. The van der Waals surface area contributed by atoms with Crippen molar-refractivity contribution in [1.82, 2.24) is 0 Å². The van der Waals surface area contributed by atoms with E-state index in [4.69, 9.17) is 0 Å². The molecule has 0 amide bonds. The minimum Gasteiger partial charge on any atom is -0.311 e. The van der Waals surface area contributed by atoms with Crippen molar-refractivity contribution in [3.05, 3.63) is 188 Å². The standard InChI is InChI=1S/C46H31NS/c1-3-11-32(12-4-1)34-21-25-40(26-22-34)47(39-15-5-2-6-16-39)41-27-23-35(24-28-41)43-30-38(37-20-19-33-13-7-8-14-36(33)29-37)31-44-42-17-9-10-18-45(42)48-46(43)44/h1-31H. The summed E-state index contributed by atoms with van der Waals surface area (Å²) < 4.78 is 2.64. The summed E-state index contributed by atoms with van der Waals surface area (Å²) in [5, 5.41) is 5.14. The second-order valence-corrected chi connectivity index (χ2v) is 13.2. The molecule has 226 valence electrons. The maximum absolute atomic E-state index is 2.38. The molecule has 1 nitrogen and oxygen atoms in total. The molecule has 0 aliphatic rings. The zero-order valence-corrected chi connectivity index (χ0v) is 27.1. The molecule has 0 radical (unpaired) electrons. The first kappa shape index (κ1) is 28.3. The molecule has 2 heteroatoms. The minimum absolute atomic E-state index is 1.12. The van der Waals surface area contributed by atoms with Gasteiger partial charge in [-0.15, -0.1) is 11.3 Å². The van der Waals surface area contributed by atoms with Crippen LogP contribution in [-0.4, -0.2) is 0 Å². The van der Waals surface area contributed by atoms with Crippen LogP contribution in [0, 0.1) is 0 Å². The summed E-state index contributed by atoms with van der Waals surface area (Å²) in [4.78, 5) is 2.33. The fourth-order valence-electron chi connectivity index (χ4n) is 6.82. The summed E-state index contributed by atoms with van der Waals surface area (Å²) in [6.45, 7) is 0. The summed E-state index contributed by atoms with van der Waals surface area (Å²) in [6, 6.07) is 68.1. The van der Waals surface area contributed by atoms with Crippen LogP contribution in [0.2, 0.25) is 0 Å². The van der Waals surface area contributed by atoms with E-state index in [1.807, 2.05) is 11.3 Å². The normalized spacial score (nSPS) is 11.3. The number of thiophene rings is 1. The van der Waals surface area contributed by atoms with E-state index in [9.17, 15) is 0 Å². The van der Waals surface area contributed by atoms with Crippen LogP contribution in [0.25, 0.3) is 64.3 Å².